The Morgan fingerprint density at radius 2 is 1.38 bits per heavy atom. The maximum absolute atomic E-state index is 13.0. The number of sulfonamides is 1. The van der Waals surface area contributed by atoms with Crippen LogP contribution in [0.25, 0.3) is 0 Å². The molecule has 2 aromatic rings. The van der Waals surface area contributed by atoms with Crippen molar-refractivity contribution in [1.82, 2.24) is 0 Å². The number of hydrogen-bond acceptors (Lipinski definition) is 3. The molecule has 2 rings (SSSR count). The van der Waals surface area contributed by atoms with Crippen LogP contribution in [0.4, 0.5) is 5.69 Å². The summed E-state index contributed by atoms with van der Waals surface area (Å²) in [7, 11) is -2.13. The molecule has 0 radical (unpaired) electrons. The summed E-state index contributed by atoms with van der Waals surface area (Å²) in [6, 6.07) is 14.3. The molecular formula is C24H35NO3S. The van der Waals surface area contributed by atoms with Gasteiger partial charge in [0, 0.05) is 0 Å². The predicted molar refractivity (Wildman–Crippen MR) is 121 cm³/mol. The molecule has 160 valence electrons. The van der Waals surface area contributed by atoms with Crippen LogP contribution in [-0.4, -0.2) is 15.5 Å². The second kappa shape index (κ2) is 12.5. The fourth-order valence-electron chi connectivity index (χ4n) is 3.53. The molecule has 0 unspecified atom stereocenters. The van der Waals surface area contributed by atoms with E-state index in [4.69, 9.17) is 4.74 Å². The fraction of sp³-hybridized carbons (Fsp3) is 0.500. The predicted octanol–water partition coefficient (Wildman–Crippen LogP) is 6.57. The van der Waals surface area contributed by atoms with Gasteiger partial charge in [-0.05, 0) is 36.6 Å². The average molecular weight is 418 g/mol. The van der Waals surface area contributed by atoms with Crippen LogP contribution in [-0.2, 0) is 16.4 Å². The van der Waals surface area contributed by atoms with Gasteiger partial charge in [0.1, 0.15) is 5.75 Å². The minimum Gasteiger partial charge on any atom is -0.495 e. The number of anilines is 1. The molecular weight excluding hydrogens is 382 g/mol. The third-order valence-corrected chi connectivity index (χ3v) is 6.63. The molecule has 0 aliphatic heterocycles. The first-order chi connectivity index (χ1) is 14.1. The number of hydrogen-bond donors (Lipinski definition) is 1. The first-order valence-electron chi connectivity index (χ1n) is 10.8. The highest BCUT2D eigenvalue weighted by Gasteiger charge is 2.19. The number of aryl methyl sites for hydroxylation is 1. The van der Waals surface area contributed by atoms with E-state index in [1.807, 2.05) is 18.2 Å². The first kappa shape index (κ1) is 23.3. The maximum atomic E-state index is 13.0. The molecule has 29 heavy (non-hydrogen) atoms. The van der Waals surface area contributed by atoms with Gasteiger partial charge in [0.25, 0.3) is 10.0 Å². The standard InChI is InChI=1S/C24H35NO3S/c1-3-4-5-6-7-8-9-10-11-16-21-17-12-15-20-24(21)29(26,27)25-22-18-13-14-19-23(22)28-2/h12-15,17-20,25H,3-11,16H2,1-2H3. The van der Waals surface area contributed by atoms with E-state index in [0.29, 0.717) is 16.3 Å². The lowest BCUT2D eigenvalue weighted by Gasteiger charge is -2.14. The normalized spacial score (nSPS) is 11.4. The Morgan fingerprint density at radius 3 is 2.07 bits per heavy atom. The lowest BCUT2D eigenvalue weighted by molar-refractivity contribution is 0.417. The third kappa shape index (κ3) is 7.73. The molecule has 0 saturated carbocycles. The van der Waals surface area contributed by atoms with E-state index in [2.05, 4.69) is 11.6 Å². The largest absolute Gasteiger partial charge is 0.495 e. The van der Waals surface area contributed by atoms with Crippen LogP contribution < -0.4 is 9.46 Å². The van der Waals surface area contributed by atoms with E-state index in [1.165, 1.54) is 52.1 Å². The van der Waals surface area contributed by atoms with Gasteiger partial charge in [-0.15, -0.1) is 0 Å². The zero-order valence-corrected chi connectivity index (χ0v) is 18.6. The van der Waals surface area contributed by atoms with Crippen molar-refractivity contribution in [2.45, 2.75) is 76.0 Å². The van der Waals surface area contributed by atoms with Crippen LogP contribution in [0.15, 0.2) is 53.4 Å². The zero-order chi connectivity index (χ0) is 21.0. The summed E-state index contributed by atoms with van der Waals surface area (Å²) in [5.41, 5.74) is 1.32. The molecule has 5 heteroatoms. The monoisotopic (exact) mass is 417 g/mol. The third-order valence-electron chi connectivity index (χ3n) is 5.16. The number of ether oxygens (including phenoxy) is 1. The summed E-state index contributed by atoms with van der Waals surface area (Å²) in [5, 5.41) is 0. The molecule has 0 heterocycles. The molecule has 0 fully saturated rings. The second-order valence-corrected chi connectivity index (χ2v) is 9.14. The van der Waals surface area contributed by atoms with Crippen LogP contribution in [0.5, 0.6) is 5.75 Å². The minimum atomic E-state index is -3.67. The molecule has 0 aliphatic carbocycles. The molecule has 2 aromatic carbocycles. The smallest absolute Gasteiger partial charge is 0.262 e. The van der Waals surface area contributed by atoms with Crippen molar-refractivity contribution in [3.8, 4) is 5.75 Å². The summed E-state index contributed by atoms with van der Waals surface area (Å²) in [6.07, 6.45) is 12.1. The van der Waals surface area contributed by atoms with Gasteiger partial charge < -0.3 is 4.74 Å². The van der Waals surface area contributed by atoms with Crippen molar-refractivity contribution in [3.05, 3.63) is 54.1 Å². The second-order valence-electron chi connectivity index (χ2n) is 7.49. The fourth-order valence-corrected chi connectivity index (χ4v) is 4.87. The molecule has 0 aromatic heterocycles. The highest BCUT2D eigenvalue weighted by molar-refractivity contribution is 7.92. The van der Waals surface area contributed by atoms with Crippen molar-refractivity contribution >= 4 is 15.7 Å². The summed E-state index contributed by atoms with van der Waals surface area (Å²) in [6.45, 7) is 2.24. The van der Waals surface area contributed by atoms with Crippen molar-refractivity contribution in [3.63, 3.8) is 0 Å². The number of methoxy groups -OCH3 is 1. The summed E-state index contributed by atoms with van der Waals surface area (Å²) < 4.78 is 33.9. The highest BCUT2D eigenvalue weighted by atomic mass is 32.2. The van der Waals surface area contributed by atoms with Crippen LogP contribution in [0.1, 0.15) is 70.3 Å². The van der Waals surface area contributed by atoms with E-state index in [1.54, 1.807) is 30.3 Å². The van der Waals surface area contributed by atoms with Crippen LogP contribution in [0.3, 0.4) is 0 Å². The van der Waals surface area contributed by atoms with Gasteiger partial charge in [0.15, 0.2) is 0 Å². The lowest BCUT2D eigenvalue weighted by atomic mass is 10.0. The molecule has 0 saturated heterocycles. The Hall–Kier alpha value is -2.01. The molecule has 0 atom stereocenters. The van der Waals surface area contributed by atoms with Crippen molar-refractivity contribution in [2.24, 2.45) is 0 Å². The number of nitrogens with one attached hydrogen (secondary N) is 1. The van der Waals surface area contributed by atoms with Gasteiger partial charge >= 0.3 is 0 Å². The molecule has 1 N–H and O–H groups in total. The number of benzene rings is 2. The van der Waals surface area contributed by atoms with E-state index in [9.17, 15) is 8.42 Å². The van der Waals surface area contributed by atoms with Crippen molar-refractivity contribution in [1.29, 1.82) is 0 Å². The van der Waals surface area contributed by atoms with E-state index in [-0.39, 0.29) is 0 Å². The lowest BCUT2D eigenvalue weighted by Crippen LogP contribution is -2.15. The molecule has 0 spiro atoms. The Kier molecular flexibility index (Phi) is 10.1. The molecule has 0 aliphatic rings. The summed E-state index contributed by atoms with van der Waals surface area (Å²) in [4.78, 5) is 0.352. The van der Waals surface area contributed by atoms with Gasteiger partial charge in [-0.1, -0.05) is 88.6 Å². The average Bonchev–Trinajstić information content (AvgIpc) is 2.73. The van der Waals surface area contributed by atoms with Crippen LogP contribution >= 0.6 is 0 Å². The van der Waals surface area contributed by atoms with Crippen molar-refractivity contribution < 1.29 is 13.2 Å². The van der Waals surface area contributed by atoms with Crippen LogP contribution in [0, 0.1) is 0 Å². The summed E-state index contributed by atoms with van der Waals surface area (Å²) >= 11 is 0. The van der Waals surface area contributed by atoms with Gasteiger partial charge in [-0.2, -0.15) is 0 Å². The maximum Gasteiger partial charge on any atom is 0.262 e. The Balaban J connectivity index is 1.90. The van der Waals surface area contributed by atoms with Gasteiger partial charge in [0.05, 0.1) is 17.7 Å². The van der Waals surface area contributed by atoms with E-state index < -0.39 is 10.0 Å². The van der Waals surface area contributed by atoms with Gasteiger partial charge in [-0.3, -0.25) is 4.72 Å². The Bertz CT molecular complexity index is 834. The van der Waals surface area contributed by atoms with Crippen LogP contribution in [0.2, 0.25) is 0 Å². The Morgan fingerprint density at radius 1 is 0.793 bits per heavy atom. The minimum absolute atomic E-state index is 0.352. The van der Waals surface area contributed by atoms with Gasteiger partial charge in [0.2, 0.25) is 0 Å². The molecule has 0 bridgehead atoms. The topological polar surface area (TPSA) is 55.4 Å². The Labute approximate surface area is 176 Å². The number of rotatable bonds is 14. The quantitative estimate of drug-likeness (QED) is 0.354. The summed E-state index contributed by atoms with van der Waals surface area (Å²) in [5.74, 6) is 0.507. The first-order valence-corrected chi connectivity index (χ1v) is 12.3. The zero-order valence-electron chi connectivity index (χ0n) is 17.8. The number of unbranched alkanes of at least 4 members (excludes halogenated alkanes) is 8. The van der Waals surface area contributed by atoms with E-state index >= 15 is 0 Å². The van der Waals surface area contributed by atoms with Crippen molar-refractivity contribution in [2.75, 3.05) is 11.8 Å². The SMILES string of the molecule is CCCCCCCCCCCc1ccccc1S(=O)(=O)Nc1ccccc1OC. The molecule has 4 nitrogen and oxygen atoms in total. The highest BCUT2D eigenvalue weighted by Crippen LogP contribution is 2.27. The number of para-hydroxylation sites is 2. The van der Waals surface area contributed by atoms with Gasteiger partial charge in [-0.25, -0.2) is 8.42 Å². The van der Waals surface area contributed by atoms with E-state index in [0.717, 1.165) is 24.8 Å². The molecule has 0 amide bonds.